The van der Waals surface area contributed by atoms with Crippen LogP contribution in [0.2, 0.25) is 10.0 Å². The van der Waals surface area contributed by atoms with Crippen molar-refractivity contribution in [3.05, 3.63) is 118 Å². The Hall–Kier alpha value is -4.25. The number of benzene rings is 4. The molecule has 0 aliphatic carbocycles. The van der Waals surface area contributed by atoms with Crippen LogP contribution in [-0.2, 0) is 32.6 Å². The van der Waals surface area contributed by atoms with E-state index < -0.39 is 28.5 Å². The summed E-state index contributed by atoms with van der Waals surface area (Å²) in [6.45, 7) is 1.62. The van der Waals surface area contributed by atoms with Crippen molar-refractivity contribution in [2.75, 3.05) is 31.6 Å². The molecule has 4 rings (SSSR count). The van der Waals surface area contributed by atoms with Crippen LogP contribution in [0, 0.1) is 0 Å². The molecule has 0 bridgehead atoms. The van der Waals surface area contributed by atoms with Gasteiger partial charge < -0.3 is 19.7 Å². The van der Waals surface area contributed by atoms with E-state index in [4.69, 9.17) is 32.7 Å². The zero-order chi connectivity index (χ0) is 34.7. The highest BCUT2D eigenvalue weighted by molar-refractivity contribution is 7.92. The first-order valence-corrected chi connectivity index (χ1v) is 17.6. The maximum absolute atomic E-state index is 14.7. The van der Waals surface area contributed by atoms with E-state index in [1.807, 2.05) is 37.3 Å². The number of carbonyl (C=O) groups is 2. The van der Waals surface area contributed by atoms with Gasteiger partial charge in [0.25, 0.3) is 10.0 Å². The number of sulfonamides is 1. The van der Waals surface area contributed by atoms with Gasteiger partial charge in [0.1, 0.15) is 12.6 Å². The molecule has 48 heavy (non-hydrogen) atoms. The summed E-state index contributed by atoms with van der Waals surface area (Å²) in [4.78, 5) is 29.9. The summed E-state index contributed by atoms with van der Waals surface area (Å²) in [5.41, 5.74) is 1.40. The van der Waals surface area contributed by atoms with E-state index >= 15 is 0 Å². The van der Waals surface area contributed by atoms with Crippen molar-refractivity contribution in [1.82, 2.24) is 10.2 Å². The second-order valence-electron chi connectivity index (χ2n) is 10.9. The number of unbranched alkanes of at least 4 members (excludes halogenated alkanes) is 1. The number of rotatable bonds is 16. The van der Waals surface area contributed by atoms with Crippen LogP contribution in [0.25, 0.3) is 0 Å². The lowest BCUT2D eigenvalue weighted by Crippen LogP contribution is -2.53. The molecular weight excluding hydrogens is 673 g/mol. The highest BCUT2D eigenvalue weighted by Gasteiger charge is 2.35. The molecule has 0 heterocycles. The van der Waals surface area contributed by atoms with Crippen LogP contribution in [0.1, 0.15) is 30.9 Å². The van der Waals surface area contributed by atoms with Gasteiger partial charge in [-0.3, -0.25) is 13.9 Å². The van der Waals surface area contributed by atoms with Gasteiger partial charge in [-0.25, -0.2) is 8.42 Å². The lowest BCUT2D eigenvalue weighted by Gasteiger charge is -2.34. The maximum atomic E-state index is 14.7. The van der Waals surface area contributed by atoms with Gasteiger partial charge in [0.05, 0.1) is 24.8 Å². The van der Waals surface area contributed by atoms with E-state index in [0.717, 1.165) is 22.7 Å². The maximum Gasteiger partial charge on any atom is 0.264 e. The minimum absolute atomic E-state index is 0.0218. The lowest BCUT2D eigenvalue weighted by atomic mass is 10.0. The number of amides is 2. The number of carbonyl (C=O) groups excluding carboxylic acids is 2. The number of anilines is 1. The topological polar surface area (TPSA) is 105 Å². The monoisotopic (exact) mass is 711 g/mol. The molecule has 4 aromatic rings. The molecule has 0 radical (unpaired) electrons. The standard InChI is InChI=1S/C36H39Cl2N3O6S/c1-4-5-21-39-36(43)32(22-26-13-8-6-9-14-26)40(24-29-30(37)17-12-18-31(29)38)35(42)25-41(48(44,45)28-15-10-7-11-16-28)27-19-20-33(46-2)34(23-27)47-3/h6-20,23,32H,4-5,21-22,24-25H2,1-3H3,(H,39,43). The Morgan fingerprint density at radius 2 is 1.46 bits per heavy atom. The van der Waals surface area contributed by atoms with Crippen molar-refractivity contribution < 1.29 is 27.5 Å². The first kappa shape index (κ1) is 36.6. The van der Waals surface area contributed by atoms with E-state index in [1.54, 1.807) is 42.5 Å². The van der Waals surface area contributed by atoms with Crippen molar-refractivity contribution in [2.24, 2.45) is 0 Å². The van der Waals surface area contributed by atoms with Crippen molar-refractivity contribution in [1.29, 1.82) is 0 Å². The first-order valence-electron chi connectivity index (χ1n) is 15.4. The molecule has 0 aromatic heterocycles. The molecule has 0 spiro atoms. The summed E-state index contributed by atoms with van der Waals surface area (Å²) in [7, 11) is -1.40. The molecule has 0 saturated carbocycles. The molecule has 0 aliphatic rings. The Balaban J connectivity index is 1.85. The fraction of sp³-hybridized carbons (Fsp3) is 0.278. The van der Waals surface area contributed by atoms with Crippen LogP contribution in [0.5, 0.6) is 11.5 Å². The minimum atomic E-state index is -4.30. The summed E-state index contributed by atoms with van der Waals surface area (Å²) >= 11 is 13.2. The van der Waals surface area contributed by atoms with Gasteiger partial charge in [-0.15, -0.1) is 0 Å². The Kier molecular flexibility index (Phi) is 13.1. The van der Waals surface area contributed by atoms with Crippen molar-refractivity contribution in [3.63, 3.8) is 0 Å². The molecule has 4 aromatic carbocycles. The zero-order valence-corrected chi connectivity index (χ0v) is 29.4. The van der Waals surface area contributed by atoms with Crippen LogP contribution in [0.4, 0.5) is 5.69 Å². The van der Waals surface area contributed by atoms with E-state index in [1.165, 1.54) is 43.4 Å². The number of halogens is 2. The predicted octanol–water partition coefficient (Wildman–Crippen LogP) is 6.76. The number of nitrogens with zero attached hydrogens (tertiary/aromatic N) is 2. The average molecular weight is 713 g/mol. The Morgan fingerprint density at radius 3 is 2.06 bits per heavy atom. The third kappa shape index (κ3) is 9.00. The van der Waals surface area contributed by atoms with Gasteiger partial charge in [0, 0.05) is 41.2 Å². The summed E-state index contributed by atoms with van der Waals surface area (Å²) in [6, 6.07) is 25.6. The molecular formula is C36H39Cl2N3O6S. The van der Waals surface area contributed by atoms with Crippen LogP contribution >= 0.6 is 23.2 Å². The molecule has 0 saturated heterocycles. The fourth-order valence-corrected chi connectivity index (χ4v) is 7.09. The predicted molar refractivity (Wildman–Crippen MR) is 189 cm³/mol. The zero-order valence-electron chi connectivity index (χ0n) is 27.1. The third-order valence-electron chi connectivity index (χ3n) is 7.76. The normalized spacial score (nSPS) is 11.8. The van der Waals surface area contributed by atoms with Crippen molar-refractivity contribution >= 4 is 50.7 Å². The molecule has 12 heteroatoms. The van der Waals surface area contributed by atoms with E-state index in [-0.39, 0.29) is 35.2 Å². The molecule has 1 unspecified atom stereocenters. The lowest BCUT2D eigenvalue weighted by molar-refractivity contribution is -0.140. The van der Waals surface area contributed by atoms with E-state index in [2.05, 4.69) is 5.32 Å². The van der Waals surface area contributed by atoms with Gasteiger partial charge >= 0.3 is 0 Å². The number of ether oxygens (including phenoxy) is 2. The average Bonchev–Trinajstić information content (AvgIpc) is 3.10. The molecule has 0 fully saturated rings. The third-order valence-corrected chi connectivity index (χ3v) is 10.3. The van der Waals surface area contributed by atoms with Gasteiger partial charge in [-0.1, -0.05) is 91.1 Å². The van der Waals surface area contributed by atoms with Gasteiger partial charge in [0.15, 0.2) is 11.5 Å². The Morgan fingerprint density at radius 1 is 0.833 bits per heavy atom. The minimum Gasteiger partial charge on any atom is -0.493 e. The Bertz CT molecular complexity index is 1770. The Labute approximate surface area is 292 Å². The molecule has 1 N–H and O–H groups in total. The van der Waals surface area contributed by atoms with E-state index in [9.17, 15) is 18.0 Å². The molecule has 254 valence electrons. The van der Waals surface area contributed by atoms with Gasteiger partial charge in [0.2, 0.25) is 11.8 Å². The fourth-order valence-electron chi connectivity index (χ4n) is 5.14. The summed E-state index contributed by atoms with van der Waals surface area (Å²) in [6.07, 6.45) is 1.77. The second-order valence-corrected chi connectivity index (χ2v) is 13.6. The van der Waals surface area contributed by atoms with Gasteiger partial charge in [-0.05, 0) is 48.4 Å². The largest absolute Gasteiger partial charge is 0.493 e. The van der Waals surface area contributed by atoms with Crippen LogP contribution in [0.3, 0.4) is 0 Å². The highest BCUT2D eigenvalue weighted by Crippen LogP contribution is 2.34. The highest BCUT2D eigenvalue weighted by atomic mass is 35.5. The molecule has 2 amide bonds. The van der Waals surface area contributed by atoms with Crippen molar-refractivity contribution in [2.45, 2.75) is 43.7 Å². The second kappa shape index (κ2) is 17.2. The van der Waals surface area contributed by atoms with Gasteiger partial charge in [-0.2, -0.15) is 0 Å². The number of hydrogen-bond donors (Lipinski definition) is 1. The van der Waals surface area contributed by atoms with Crippen LogP contribution in [0.15, 0.2) is 102 Å². The quantitative estimate of drug-likeness (QED) is 0.129. The van der Waals surface area contributed by atoms with E-state index in [0.29, 0.717) is 27.9 Å². The molecule has 9 nitrogen and oxygen atoms in total. The summed E-state index contributed by atoms with van der Waals surface area (Å²) in [5.74, 6) is -0.377. The molecule has 1 atom stereocenters. The number of nitrogens with one attached hydrogen (secondary N) is 1. The van der Waals surface area contributed by atoms with Crippen LogP contribution < -0.4 is 19.1 Å². The summed E-state index contributed by atoms with van der Waals surface area (Å²) < 4.78 is 40.3. The van der Waals surface area contributed by atoms with Crippen molar-refractivity contribution in [3.8, 4) is 11.5 Å². The number of hydrogen-bond acceptors (Lipinski definition) is 6. The smallest absolute Gasteiger partial charge is 0.264 e. The first-order chi connectivity index (χ1) is 23.1. The SMILES string of the molecule is CCCCNC(=O)C(Cc1ccccc1)N(Cc1c(Cl)cccc1Cl)C(=O)CN(c1ccc(OC)c(OC)c1)S(=O)(=O)c1ccccc1. The van der Waals surface area contributed by atoms with Crippen LogP contribution in [-0.4, -0.2) is 58.5 Å². The molecule has 0 aliphatic heterocycles. The summed E-state index contributed by atoms with van der Waals surface area (Å²) in [5, 5.41) is 3.57. The number of methoxy groups -OCH3 is 2.